The van der Waals surface area contributed by atoms with Crippen molar-refractivity contribution in [2.24, 2.45) is 5.73 Å². The van der Waals surface area contributed by atoms with Crippen LogP contribution in [0.4, 0.5) is 0 Å². The lowest BCUT2D eigenvalue weighted by Crippen LogP contribution is -2.47. The molecule has 0 aromatic carbocycles. The van der Waals surface area contributed by atoms with E-state index in [1.54, 1.807) is 0 Å². The number of fused-ring (bicyclic) bond motifs is 2. The normalized spacial score (nSPS) is 32.9. The summed E-state index contributed by atoms with van der Waals surface area (Å²) in [5, 5.41) is 3.51. The first-order chi connectivity index (χ1) is 8.16. The molecule has 2 unspecified atom stereocenters. The van der Waals surface area contributed by atoms with Gasteiger partial charge in [0.15, 0.2) is 0 Å². The SMILES string of the molecule is CN1C2CCC1CC(NCCOCC(N)=O)C2. The Bertz CT molecular complexity index is 258. The van der Waals surface area contributed by atoms with Gasteiger partial charge in [-0.15, -0.1) is 0 Å². The summed E-state index contributed by atoms with van der Waals surface area (Å²) in [6, 6.07) is 2.14. The van der Waals surface area contributed by atoms with E-state index in [9.17, 15) is 4.79 Å². The number of nitrogens with one attached hydrogen (secondary N) is 1. The average Bonchev–Trinajstić information content (AvgIpc) is 2.52. The lowest BCUT2D eigenvalue weighted by atomic mass is 9.98. The van der Waals surface area contributed by atoms with Crippen molar-refractivity contribution in [2.45, 2.75) is 43.8 Å². The molecule has 0 aromatic heterocycles. The van der Waals surface area contributed by atoms with E-state index >= 15 is 0 Å². The van der Waals surface area contributed by atoms with E-state index in [-0.39, 0.29) is 6.61 Å². The fourth-order valence-electron chi connectivity index (χ4n) is 3.09. The lowest BCUT2D eigenvalue weighted by molar-refractivity contribution is -0.122. The Morgan fingerprint density at radius 3 is 2.65 bits per heavy atom. The van der Waals surface area contributed by atoms with Gasteiger partial charge >= 0.3 is 0 Å². The Morgan fingerprint density at radius 2 is 2.06 bits per heavy atom. The van der Waals surface area contributed by atoms with Crippen LogP contribution < -0.4 is 11.1 Å². The van der Waals surface area contributed by atoms with E-state index in [1.165, 1.54) is 25.7 Å². The van der Waals surface area contributed by atoms with Crippen LogP contribution in [0.15, 0.2) is 0 Å². The van der Waals surface area contributed by atoms with E-state index in [0.29, 0.717) is 12.6 Å². The molecule has 2 aliphatic rings. The quantitative estimate of drug-likeness (QED) is 0.627. The molecule has 2 atom stereocenters. The van der Waals surface area contributed by atoms with Gasteiger partial charge < -0.3 is 20.7 Å². The number of ether oxygens (including phenoxy) is 1. The van der Waals surface area contributed by atoms with Crippen LogP contribution in [0.1, 0.15) is 25.7 Å². The Hall–Kier alpha value is -0.650. The van der Waals surface area contributed by atoms with Gasteiger partial charge in [-0.05, 0) is 32.7 Å². The van der Waals surface area contributed by atoms with Gasteiger partial charge in [0.1, 0.15) is 6.61 Å². The standard InChI is InChI=1S/C12H23N3O2/c1-15-10-2-3-11(15)7-9(6-10)14-4-5-17-8-12(13)16/h9-11,14H,2-8H2,1H3,(H2,13,16). The van der Waals surface area contributed by atoms with Crippen LogP contribution in [0.25, 0.3) is 0 Å². The van der Waals surface area contributed by atoms with Crippen molar-refractivity contribution >= 4 is 5.91 Å². The minimum atomic E-state index is -0.401. The molecule has 5 nitrogen and oxygen atoms in total. The van der Waals surface area contributed by atoms with Gasteiger partial charge in [0.2, 0.25) is 5.91 Å². The first-order valence-corrected chi connectivity index (χ1v) is 6.48. The Morgan fingerprint density at radius 1 is 1.41 bits per heavy atom. The van der Waals surface area contributed by atoms with Gasteiger partial charge in [0.25, 0.3) is 0 Å². The fraction of sp³-hybridized carbons (Fsp3) is 0.917. The topological polar surface area (TPSA) is 67.6 Å². The predicted octanol–water partition coefficient (Wildman–Crippen LogP) is -0.297. The van der Waals surface area contributed by atoms with Crippen LogP contribution in [-0.4, -0.2) is 55.7 Å². The number of primary amides is 1. The molecule has 0 spiro atoms. The van der Waals surface area contributed by atoms with E-state index in [4.69, 9.17) is 10.5 Å². The van der Waals surface area contributed by atoms with Crippen molar-refractivity contribution in [3.8, 4) is 0 Å². The third-order valence-corrected chi connectivity index (χ3v) is 4.02. The molecule has 5 heteroatoms. The van der Waals surface area contributed by atoms with Crippen molar-refractivity contribution in [3.05, 3.63) is 0 Å². The summed E-state index contributed by atoms with van der Waals surface area (Å²) in [6.45, 7) is 1.39. The molecule has 0 aliphatic carbocycles. The van der Waals surface area contributed by atoms with Gasteiger partial charge in [-0.3, -0.25) is 4.79 Å². The molecule has 0 aromatic rings. The summed E-state index contributed by atoms with van der Waals surface area (Å²) in [5.74, 6) is -0.401. The number of hydrogen-bond donors (Lipinski definition) is 2. The lowest BCUT2D eigenvalue weighted by Gasteiger charge is -2.36. The molecular weight excluding hydrogens is 218 g/mol. The molecule has 17 heavy (non-hydrogen) atoms. The van der Waals surface area contributed by atoms with E-state index in [1.807, 2.05) is 0 Å². The second-order valence-electron chi connectivity index (χ2n) is 5.19. The molecular formula is C12H23N3O2. The van der Waals surface area contributed by atoms with E-state index < -0.39 is 5.91 Å². The van der Waals surface area contributed by atoms with Gasteiger partial charge in [-0.25, -0.2) is 0 Å². The van der Waals surface area contributed by atoms with Crippen molar-refractivity contribution < 1.29 is 9.53 Å². The van der Waals surface area contributed by atoms with Crippen LogP contribution in [0, 0.1) is 0 Å². The molecule has 98 valence electrons. The first-order valence-electron chi connectivity index (χ1n) is 6.48. The highest BCUT2D eigenvalue weighted by Crippen LogP contribution is 2.33. The molecule has 0 saturated carbocycles. The number of carbonyl (C=O) groups is 1. The molecule has 2 bridgehead atoms. The number of hydrogen-bond acceptors (Lipinski definition) is 4. The number of amides is 1. The van der Waals surface area contributed by atoms with Crippen molar-refractivity contribution in [2.75, 3.05) is 26.8 Å². The third kappa shape index (κ3) is 3.40. The Kier molecular flexibility index (Phi) is 4.36. The predicted molar refractivity (Wildman–Crippen MR) is 65.6 cm³/mol. The number of nitrogens with zero attached hydrogens (tertiary/aromatic N) is 1. The summed E-state index contributed by atoms with van der Waals surface area (Å²) in [6.07, 6.45) is 5.17. The Labute approximate surface area is 103 Å². The van der Waals surface area contributed by atoms with Crippen LogP contribution in [0.5, 0.6) is 0 Å². The molecule has 2 aliphatic heterocycles. The molecule has 1 amide bonds. The highest BCUT2D eigenvalue weighted by Gasteiger charge is 2.37. The zero-order valence-electron chi connectivity index (χ0n) is 10.5. The molecule has 2 heterocycles. The third-order valence-electron chi connectivity index (χ3n) is 4.02. The van der Waals surface area contributed by atoms with Crippen LogP contribution in [-0.2, 0) is 9.53 Å². The second kappa shape index (κ2) is 5.80. The van der Waals surface area contributed by atoms with Crippen LogP contribution in [0.2, 0.25) is 0 Å². The van der Waals surface area contributed by atoms with Crippen LogP contribution in [0.3, 0.4) is 0 Å². The minimum Gasteiger partial charge on any atom is -0.370 e. The van der Waals surface area contributed by atoms with Crippen molar-refractivity contribution in [1.29, 1.82) is 0 Å². The minimum absolute atomic E-state index is 0.0281. The summed E-state index contributed by atoms with van der Waals surface area (Å²) < 4.78 is 5.13. The van der Waals surface area contributed by atoms with Crippen molar-refractivity contribution in [1.82, 2.24) is 10.2 Å². The average molecular weight is 241 g/mol. The summed E-state index contributed by atoms with van der Waals surface area (Å²) in [5.41, 5.74) is 4.99. The number of nitrogens with two attached hydrogens (primary N) is 1. The molecule has 0 radical (unpaired) electrons. The monoisotopic (exact) mass is 241 g/mol. The van der Waals surface area contributed by atoms with Gasteiger partial charge in [0, 0.05) is 24.7 Å². The highest BCUT2D eigenvalue weighted by molar-refractivity contribution is 5.74. The molecule has 3 N–H and O–H groups in total. The number of carbonyl (C=O) groups excluding carboxylic acids is 1. The first kappa shape index (κ1) is 12.8. The van der Waals surface area contributed by atoms with Gasteiger partial charge in [-0.2, -0.15) is 0 Å². The zero-order valence-corrected chi connectivity index (χ0v) is 10.5. The number of piperidine rings is 1. The molecule has 2 saturated heterocycles. The molecule has 2 rings (SSSR count). The number of rotatable bonds is 6. The van der Waals surface area contributed by atoms with E-state index in [2.05, 4.69) is 17.3 Å². The largest absolute Gasteiger partial charge is 0.370 e. The van der Waals surface area contributed by atoms with Gasteiger partial charge in [-0.1, -0.05) is 0 Å². The maximum Gasteiger partial charge on any atom is 0.243 e. The molecule has 2 fully saturated rings. The van der Waals surface area contributed by atoms with Gasteiger partial charge in [0.05, 0.1) is 6.61 Å². The Balaban J connectivity index is 1.60. The summed E-state index contributed by atoms with van der Waals surface area (Å²) >= 11 is 0. The zero-order chi connectivity index (χ0) is 12.3. The maximum absolute atomic E-state index is 10.5. The van der Waals surface area contributed by atoms with Crippen molar-refractivity contribution in [3.63, 3.8) is 0 Å². The highest BCUT2D eigenvalue weighted by atomic mass is 16.5. The maximum atomic E-state index is 10.5. The smallest absolute Gasteiger partial charge is 0.243 e. The van der Waals surface area contributed by atoms with Crippen LogP contribution >= 0.6 is 0 Å². The second-order valence-corrected chi connectivity index (χ2v) is 5.19. The fourth-order valence-corrected chi connectivity index (χ4v) is 3.09. The van der Waals surface area contributed by atoms with E-state index in [0.717, 1.165) is 18.6 Å². The summed E-state index contributed by atoms with van der Waals surface area (Å²) in [7, 11) is 2.24. The summed E-state index contributed by atoms with van der Waals surface area (Å²) in [4.78, 5) is 13.0.